The minimum absolute atomic E-state index is 0.138. The standard InChI is InChI=1S/C17H27N5O2/c1-20(2)17(24)15-12-21(19-18-15)11-9-14-8-3-4-10-22(14)16(23)13-6-5-7-13/h12-14H,3-11H2,1-2H3. The van der Waals surface area contributed by atoms with E-state index in [0.29, 0.717) is 24.2 Å². The highest BCUT2D eigenvalue weighted by atomic mass is 16.2. The third kappa shape index (κ3) is 3.60. The van der Waals surface area contributed by atoms with Gasteiger partial charge in [0.05, 0.1) is 6.20 Å². The van der Waals surface area contributed by atoms with E-state index < -0.39 is 0 Å². The van der Waals surface area contributed by atoms with Gasteiger partial charge in [-0.15, -0.1) is 5.10 Å². The molecule has 7 nitrogen and oxygen atoms in total. The highest BCUT2D eigenvalue weighted by Gasteiger charge is 2.34. The number of carbonyl (C=O) groups excluding carboxylic acids is 2. The molecular formula is C17H27N5O2. The summed E-state index contributed by atoms with van der Waals surface area (Å²) in [6.07, 6.45) is 9.23. The van der Waals surface area contributed by atoms with Gasteiger partial charge in [-0.2, -0.15) is 0 Å². The molecule has 0 N–H and O–H groups in total. The summed E-state index contributed by atoms with van der Waals surface area (Å²) in [5, 5.41) is 8.00. The van der Waals surface area contributed by atoms with Crippen molar-refractivity contribution in [1.29, 1.82) is 0 Å². The molecule has 0 spiro atoms. The second-order valence-electron chi connectivity index (χ2n) is 7.16. The van der Waals surface area contributed by atoms with Crippen molar-refractivity contribution in [3.8, 4) is 0 Å². The number of piperidine rings is 1. The fourth-order valence-electron chi connectivity index (χ4n) is 3.50. The minimum Gasteiger partial charge on any atom is -0.343 e. The van der Waals surface area contributed by atoms with Gasteiger partial charge in [-0.05, 0) is 38.5 Å². The Balaban J connectivity index is 1.57. The van der Waals surface area contributed by atoms with Gasteiger partial charge in [-0.1, -0.05) is 11.6 Å². The fraction of sp³-hybridized carbons (Fsp3) is 0.765. The van der Waals surface area contributed by atoms with E-state index in [0.717, 1.165) is 38.6 Å². The number of carbonyl (C=O) groups is 2. The van der Waals surface area contributed by atoms with E-state index in [4.69, 9.17) is 0 Å². The van der Waals surface area contributed by atoms with E-state index >= 15 is 0 Å². The lowest BCUT2D eigenvalue weighted by Crippen LogP contribution is -2.48. The molecular weight excluding hydrogens is 306 g/mol. The van der Waals surface area contributed by atoms with Gasteiger partial charge in [0, 0.05) is 39.1 Å². The van der Waals surface area contributed by atoms with E-state index in [1.807, 2.05) is 0 Å². The van der Waals surface area contributed by atoms with Crippen molar-refractivity contribution < 1.29 is 9.59 Å². The van der Waals surface area contributed by atoms with Gasteiger partial charge in [0.2, 0.25) is 5.91 Å². The van der Waals surface area contributed by atoms with Crippen LogP contribution in [0.2, 0.25) is 0 Å². The molecule has 24 heavy (non-hydrogen) atoms. The van der Waals surface area contributed by atoms with Gasteiger partial charge in [0.15, 0.2) is 5.69 Å². The molecule has 1 aromatic heterocycles. The highest BCUT2D eigenvalue weighted by molar-refractivity contribution is 5.91. The zero-order valence-corrected chi connectivity index (χ0v) is 14.6. The molecule has 7 heteroatoms. The average molecular weight is 333 g/mol. The third-order valence-corrected chi connectivity index (χ3v) is 5.22. The van der Waals surface area contributed by atoms with Crippen molar-refractivity contribution in [3.05, 3.63) is 11.9 Å². The number of rotatable bonds is 5. The van der Waals surface area contributed by atoms with Crippen molar-refractivity contribution in [2.75, 3.05) is 20.6 Å². The van der Waals surface area contributed by atoms with E-state index in [-0.39, 0.29) is 11.8 Å². The quantitative estimate of drug-likeness (QED) is 0.820. The SMILES string of the molecule is CN(C)C(=O)c1cn(CCC2CCCCN2C(=O)C2CCC2)nn1. The summed E-state index contributed by atoms with van der Waals surface area (Å²) in [4.78, 5) is 28.1. The molecule has 3 rings (SSSR count). The maximum Gasteiger partial charge on any atom is 0.275 e. The highest BCUT2D eigenvalue weighted by Crippen LogP contribution is 2.31. The van der Waals surface area contributed by atoms with Crippen LogP contribution < -0.4 is 0 Å². The summed E-state index contributed by atoms with van der Waals surface area (Å²) in [5.41, 5.74) is 0.367. The van der Waals surface area contributed by atoms with Crippen molar-refractivity contribution in [3.63, 3.8) is 0 Å². The van der Waals surface area contributed by atoms with Crippen LogP contribution in [0.25, 0.3) is 0 Å². The molecule has 1 unspecified atom stereocenters. The molecule has 0 radical (unpaired) electrons. The fourth-order valence-corrected chi connectivity index (χ4v) is 3.50. The number of amides is 2. The second-order valence-corrected chi connectivity index (χ2v) is 7.16. The number of aryl methyl sites for hydroxylation is 1. The van der Waals surface area contributed by atoms with Gasteiger partial charge in [-0.3, -0.25) is 14.3 Å². The van der Waals surface area contributed by atoms with Crippen molar-refractivity contribution in [2.24, 2.45) is 5.92 Å². The van der Waals surface area contributed by atoms with Crippen LogP contribution in [0.3, 0.4) is 0 Å². The third-order valence-electron chi connectivity index (χ3n) is 5.22. The lowest BCUT2D eigenvalue weighted by Gasteiger charge is -2.40. The Morgan fingerprint density at radius 1 is 1.21 bits per heavy atom. The van der Waals surface area contributed by atoms with Crippen LogP contribution >= 0.6 is 0 Å². The molecule has 1 saturated carbocycles. The molecule has 0 bridgehead atoms. The monoisotopic (exact) mass is 333 g/mol. The van der Waals surface area contributed by atoms with Crippen LogP contribution in [-0.2, 0) is 11.3 Å². The van der Waals surface area contributed by atoms with Crippen LogP contribution in [0.1, 0.15) is 55.4 Å². The maximum atomic E-state index is 12.6. The Bertz CT molecular complexity index is 594. The number of aromatic nitrogens is 3. The topological polar surface area (TPSA) is 71.3 Å². The molecule has 1 aliphatic carbocycles. The summed E-state index contributed by atoms with van der Waals surface area (Å²) < 4.78 is 1.72. The second kappa shape index (κ2) is 7.32. The van der Waals surface area contributed by atoms with Crippen LogP contribution in [0.4, 0.5) is 0 Å². The summed E-state index contributed by atoms with van der Waals surface area (Å²) in [7, 11) is 3.40. The first-order valence-electron chi connectivity index (χ1n) is 8.98. The maximum absolute atomic E-state index is 12.6. The van der Waals surface area contributed by atoms with Gasteiger partial charge in [0.25, 0.3) is 5.91 Å². The number of nitrogens with zero attached hydrogens (tertiary/aromatic N) is 5. The smallest absolute Gasteiger partial charge is 0.275 e. The first-order valence-corrected chi connectivity index (χ1v) is 8.98. The van der Waals surface area contributed by atoms with E-state index in [1.165, 1.54) is 17.7 Å². The molecule has 2 heterocycles. The molecule has 1 aromatic rings. The molecule has 2 fully saturated rings. The first kappa shape index (κ1) is 16.9. The normalized spacial score (nSPS) is 21.4. The summed E-state index contributed by atoms with van der Waals surface area (Å²) >= 11 is 0. The Morgan fingerprint density at radius 3 is 2.67 bits per heavy atom. The molecule has 132 valence electrons. The Hall–Kier alpha value is -1.92. The molecule has 0 aromatic carbocycles. The van der Waals surface area contributed by atoms with E-state index in [9.17, 15) is 9.59 Å². The lowest BCUT2D eigenvalue weighted by molar-refractivity contribution is -0.142. The van der Waals surface area contributed by atoms with Crippen LogP contribution in [0.5, 0.6) is 0 Å². The van der Waals surface area contributed by atoms with Gasteiger partial charge >= 0.3 is 0 Å². The van der Waals surface area contributed by atoms with E-state index in [2.05, 4.69) is 15.2 Å². The van der Waals surface area contributed by atoms with Crippen LogP contribution in [-0.4, -0.2) is 63.3 Å². The molecule has 2 aliphatic rings. The minimum atomic E-state index is -0.138. The van der Waals surface area contributed by atoms with Crippen molar-refractivity contribution in [1.82, 2.24) is 24.8 Å². The number of hydrogen-bond donors (Lipinski definition) is 0. The largest absolute Gasteiger partial charge is 0.343 e. The van der Waals surface area contributed by atoms with Gasteiger partial charge in [0.1, 0.15) is 0 Å². The van der Waals surface area contributed by atoms with Crippen molar-refractivity contribution in [2.45, 2.75) is 57.5 Å². The molecule has 1 atom stereocenters. The average Bonchev–Trinajstić information content (AvgIpc) is 2.99. The number of hydrogen-bond acceptors (Lipinski definition) is 4. The predicted molar refractivity (Wildman–Crippen MR) is 89.3 cm³/mol. The van der Waals surface area contributed by atoms with Crippen molar-refractivity contribution >= 4 is 11.8 Å². The Kier molecular flexibility index (Phi) is 5.16. The Labute approximate surface area is 143 Å². The summed E-state index contributed by atoms with van der Waals surface area (Å²) in [6.45, 7) is 1.58. The number of likely N-dealkylation sites (tertiary alicyclic amines) is 1. The Morgan fingerprint density at radius 2 is 2.00 bits per heavy atom. The molecule has 1 aliphatic heterocycles. The predicted octanol–water partition coefficient (Wildman–Crippen LogP) is 1.55. The van der Waals surface area contributed by atoms with Crippen LogP contribution in [0.15, 0.2) is 6.20 Å². The molecule has 1 saturated heterocycles. The molecule has 2 amide bonds. The summed E-state index contributed by atoms with van der Waals surface area (Å²) in [6, 6.07) is 0.295. The summed E-state index contributed by atoms with van der Waals surface area (Å²) in [5.74, 6) is 0.481. The van der Waals surface area contributed by atoms with Gasteiger partial charge < -0.3 is 9.80 Å². The van der Waals surface area contributed by atoms with Crippen LogP contribution in [0, 0.1) is 5.92 Å². The zero-order chi connectivity index (χ0) is 17.1. The zero-order valence-electron chi connectivity index (χ0n) is 14.6. The first-order chi connectivity index (χ1) is 11.6. The van der Waals surface area contributed by atoms with Gasteiger partial charge in [-0.25, -0.2) is 0 Å². The van der Waals surface area contributed by atoms with E-state index in [1.54, 1.807) is 25.0 Å². The lowest BCUT2D eigenvalue weighted by atomic mass is 9.83.